The molecule has 2 aromatic rings. The van der Waals surface area contributed by atoms with Gasteiger partial charge in [0.25, 0.3) is 0 Å². The monoisotopic (exact) mass is 391 g/mol. The number of hydrogen-bond donors (Lipinski definition) is 0. The maximum atomic E-state index is 12.6. The summed E-state index contributed by atoms with van der Waals surface area (Å²) in [5.74, 6) is 0.537. The number of piperidine rings is 1. The van der Waals surface area contributed by atoms with Crippen LogP contribution in [0.5, 0.6) is 5.75 Å². The second kappa shape index (κ2) is 8.56. The van der Waals surface area contributed by atoms with Gasteiger partial charge in [0.1, 0.15) is 11.3 Å². The number of amides is 1. The summed E-state index contributed by atoms with van der Waals surface area (Å²) < 4.78 is 11.5. The number of methoxy groups -OCH3 is 1. The number of carbonyl (C=O) groups is 2. The van der Waals surface area contributed by atoms with Gasteiger partial charge in [-0.3, -0.25) is 9.59 Å². The first-order valence-corrected chi connectivity index (χ1v) is 9.94. The standard InChI is InChI=1S/C19H25N3O4S/c1-4-26-18(24)13-8-10-22(11-9-13)16(23)12-21(2)19-20-17-14(25-3)6-5-7-15(17)27-19/h5-7,13H,4,8-12H2,1-3H3. The van der Waals surface area contributed by atoms with E-state index in [1.807, 2.05) is 42.0 Å². The number of likely N-dealkylation sites (tertiary alicyclic amines) is 1. The van der Waals surface area contributed by atoms with Crippen LogP contribution < -0.4 is 9.64 Å². The van der Waals surface area contributed by atoms with Gasteiger partial charge in [-0.25, -0.2) is 4.98 Å². The molecule has 0 unspecified atom stereocenters. The molecule has 0 saturated carbocycles. The number of para-hydroxylation sites is 1. The third-order valence-corrected chi connectivity index (χ3v) is 5.89. The fourth-order valence-corrected chi connectivity index (χ4v) is 4.18. The smallest absolute Gasteiger partial charge is 0.309 e. The lowest BCUT2D eigenvalue weighted by Gasteiger charge is -2.32. The summed E-state index contributed by atoms with van der Waals surface area (Å²) in [5, 5.41) is 0.782. The number of anilines is 1. The summed E-state index contributed by atoms with van der Waals surface area (Å²) in [6.07, 6.45) is 1.32. The maximum absolute atomic E-state index is 12.6. The summed E-state index contributed by atoms with van der Waals surface area (Å²) >= 11 is 1.54. The quantitative estimate of drug-likeness (QED) is 0.705. The molecular weight excluding hydrogens is 366 g/mol. The third kappa shape index (κ3) is 4.32. The van der Waals surface area contributed by atoms with E-state index >= 15 is 0 Å². The highest BCUT2D eigenvalue weighted by molar-refractivity contribution is 7.22. The first-order chi connectivity index (χ1) is 13.0. The van der Waals surface area contributed by atoms with Crippen molar-refractivity contribution in [3.63, 3.8) is 0 Å². The topological polar surface area (TPSA) is 72.0 Å². The zero-order chi connectivity index (χ0) is 19.4. The molecule has 0 radical (unpaired) electrons. The van der Waals surface area contributed by atoms with Gasteiger partial charge in [0.05, 0.1) is 30.9 Å². The Hall–Kier alpha value is -2.35. The van der Waals surface area contributed by atoms with Crippen molar-refractivity contribution < 1.29 is 19.1 Å². The Balaban J connectivity index is 1.59. The van der Waals surface area contributed by atoms with Crippen molar-refractivity contribution in [1.29, 1.82) is 0 Å². The second-order valence-electron chi connectivity index (χ2n) is 6.57. The molecule has 1 aliphatic heterocycles. The average Bonchev–Trinajstić information content (AvgIpc) is 3.12. The van der Waals surface area contributed by atoms with E-state index in [2.05, 4.69) is 4.98 Å². The number of aromatic nitrogens is 1. The molecular formula is C19H25N3O4S. The van der Waals surface area contributed by atoms with Crippen molar-refractivity contribution in [2.24, 2.45) is 5.92 Å². The maximum Gasteiger partial charge on any atom is 0.309 e. The number of benzene rings is 1. The summed E-state index contributed by atoms with van der Waals surface area (Å²) in [5.41, 5.74) is 0.814. The minimum Gasteiger partial charge on any atom is -0.494 e. The molecule has 1 aromatic heterocycles. The molecule has 2 heterocycles. The van der Waals surface area contributed by atoms with Crippen LogP contribution in [-0.4, -0.2) is 62.2 Å². The van der Waals surface area contributed by atoms with Gasteiger partial charge in [-0.05, 0) is 31.9 Å². The highest BCUT2D eigenvalue weighted by Gasteiger charge is 2.28. The van der Waals surface area contributed by atoms with Crippen LogP contribution in [0.4, 0.5) is 5.13 Å². The fourth-order valence-electron chi connectivity index (χ4n) is 3.23. The van der Waals surface area contributed by atoms with Gasteiger partial charge < -0.3 is 19.3 Å². The predicted molar refractivity (Wildman–Crippen MR) is 105 cm³/mol. The van der Waals surface area contributed by atoms with Gasteiger partial charge in [-0.2, -0.15) is 0 Å². The van der Waals surface area contributed by atoms with Crippen LogP contribution in [0.3, 0.4) is 0 Å². The van der Waals surface area contributed by atoms with Crippen molar-refractivity contribution in [3.8, 4) is 5.75 Å². The highest BCUT2D eigenvalue weighted by Crippen LogP contribution is 2.33. The van der Waals surface area contributed by atoms with E-state index in [0.717, 1.165) is 21.1 Å². The molecule has 0 N–H and O–H groups in total. The van der Waals surface area contributed by atoms with Gasteiger partial charge in [-0.1, -0.05) is 17.4 Å². The Labute approximate surface area is 162 Å². The van der Waals surface area contributed by atoms with Crippen LogP contribution in [0.25, 0.3) is 10.2 Å². The number of nitrogens with zero attached hydrogens (tertiary/aromatic N) is 3. The van der Waals surface area contributed by atoms with Crippen molar-refractivity contribution >= 4 is 38.6 Å². The van der Waals surface area contributed by atoms with E-state index in [1.165, 1.54) is 11.3 Å². The number of ether oxygens (including phenoxy) is 2. The van der Waals surface area contributed by atoms with Gasteiger partial charge in [-0.15, -0.1) is 0 Å². The molecule has 1 aliphatic rings. The zero-order valence-corrected chi connectivity index (χ0v) is 16.8. The first-order valence-electron chi connectivity index (χ1n) is 9.12. The second-order valence-corrected chi connectivity index (χ2v) is 7.58. The normalized spacial score (nSPS) is 15.0. The molecule has 1 amide bonds. The molecule has 3 rings (SSSR count). The molecule has 0 aliphatic carbocycles. The molecule has 1 aromatic carbocycles. The lowest BCUT2D eigenvalue weighted by molar-refractivity contribution is -0.151. The Kier molecular flexibility index (Phi) is 6.15. The lowest BCUT2D eigenvalue weighted by Crippen LogP contribution is -2.44. The van der Waals surface area contributed by atoms with Crippen LogP contribution in [0, 0.1) is 5.92 Å². The summed E-state index contributed by atoms with van der Waals surface area (Å²) in [6, 6.07) is 5.81. The number of carbonyl (C=O) groups excluding carboxylic acids is 2. The Bertz CT molecular complexity index is 814. The predicted octanol–water partition coefficient (Wildman–Crippen LogP) is 2.54. The Morgan fingerprint density at radius 1 is 1.33 bits per heavy atom. The zero-order valence-electron chi connectivity index (χ0n) is 15.9. The minimum atomic E-state index is -0.148. The van der Waals surface area contributed by atoms with Gasteiger partial charge in [0, 0.05) is 20.1 Å². The third-order valence-electron chi connectivity index (χ3n) is 4.76. The van der Waals surface area contributed by atoms with Gasteiger partial charge in [0.2, 0.25) is 5.91 Å². The molecule has 0 bridgehead atoms. The van der Waals surface area contributed by atoms with Gasteiger partial charge in [0.15, 0.2) is 5.13 Å². The van der Waals surface area contributed by atoms with E-state index in [-0.39, 0.29) is 24.3 Å². The number of fused-ring (bicyclic) bond motifs is 1. The SMILES string of the molecule is CCOC(=O)C1CCN(C(=O)CN(C)c2nc3c(OC)cccc3s2)CC1. The highest BCUT2D eigenvalue weighted by atomic mass is 32.1. The number of esters is 1. The van der Waals surface area contributed by atoms with Gasteiger partial charge >= 0.3 is 5.97 Å². The fraction of sp³-hybridized carbons (Fsp3) is 0.526. The number of thiazole rings is 1. The van der Waals surface area contributed by atoms with Crippen LogP contribution in [0.15, 0.2) is 18.2 Å². The van der Waals surface area contributed by atoms with E-state index in [4.69, 9.17) is 9.47 Å². The van der Waals surface area contributed by atoms with Crippen molar-refractivity contribution in [2.75, 3.05) is 45.3 Å². The molecule has 27 heavy (non-hydrogen) atoms. The molecule has 0 spiro atoms. The molecule has 1 saturated heterocycles. The van der Waals surface area contributed by atoms with Crippen molar-refractivity contribution in [3.05, 3.63) is 18.2 Å². The van der Waals surface area contributed by atoms with E-state index in [9.17, 15) is 9.59 Å². The first kappa shape index (κ1) is 19.4. The van der Waals surface area contributed by atoms with E-state index in [1.54, 1.807) is 7.11 Å². The lowest BCUT2D eigenvalue weighted by atomic mass is 9.97. The van der Waals surface area contributed by atoms with Crippen LogP contribution >= 0.6 is 11.3 Å². The summed E-state index contributed by atoms with van der Waals surface area (Å²) in [4.78, 5) is 32.8. The summed E-state index contributed by atoms with van der Waals surface area (Å²) in [6.45, 7) is 3.64. The van der Waals surface area contributed by atoms with Crippen molar-refractivity contribution in [1.82, 2.24) is 9.88 Å². The molecule has 8 heteroatoms. The van der Waals surface area contributed by atoms with Crippen LogP contribution in [-0.2, 0) is 14.3 Å². The molecule has 0 atom stereocenters. The van der Waals surface area contributed by atoms with E-state index < -0.39 is 0 Å². The Morgan fingerprint density at radius 3 is 2.74 bits per heavy atom. The largest absolute Gasteiger partial charge is 0.494 e. The number of likely N-dealkylation sites (N-methyl/N-ethyl adjacent to an activating group) is 1. The van der Waals surface area contributed by atoms with E-state index in [0.29, 0.717) is 32.5 Å². The average molecular weight is 391 g/mol. The van der Waals surface area contributed by atoms with Crippen LogP contribution in [0.2, 0.25) is 0 Å². The number of hydrogen-bond acceptors (Lipinski definition) is 7. The number of rotatable bonds is 6. The molecule has 7 nitrogen and oxygen atoms in total. The summed E-state index contributed by atoms with van der Waals surface area (Å²) in [7, 11) is 3.49. The Morgan fingerprint density at radius 2 is 2.07 bits per heavy atom. The molecule has 146 valence electrons. The minimum absolute atomic E-state index is 0.0472. The van der Waals surface area contributed by atoms with Crippen LogP contribution in [0.1, 0.15) is 19.8 Å². The van der Waals surface area contributed by atoms with Crippen molar-refractivity contribution in [2.45, 2.75) is 19.8 Å². The molecule has 1 fully saturated rings.